The van der Waals surface area contributed by atoms with Crippen molar-refractivity contribution in [2.24, 2.45) is 5.73 Å². The van der Waals surface area contributed by atoms with Gasteiger partial charge in [0.05, 0.1) is 24.3 Å². The zero-order chi connectivity index (χ0) is 15.2. The van der Waals surface area contributed by atoms with Gasteiger partial charge in [0.1, 0.15) is 0 Å². The van der Waals surface area contributed by atoms with Gasteiger partial charge in [-0.3, -0.25) is 9.59 Å². The smallest absolute Gasteiger partial charge is 0.238 e. The molecule has 0 saturated heterocycles. The van der Waals surface area contributed by atoms with Crippen LogP contribution in [0.1, 0.15) is 4.88 Å². The van der Waals surface area contributed by atoms with Gasteiger partial charge in [-0.25, -0.2) is 0 Å². The molecule has 0 spiro atoms. The third-order valence-electron chi connectivity index (χ3n) is 2.63. The fourth-order valence-corrected chi connectivity index (χ4v) is 2.57. The van der Waals surface area contributed by atoms with Crippen molar-refractivity contribution in [1.82, 2.24) is 0 Å². The van der Waals surface area contributed by atoms with Gasteiger partial charge < -0.3 is 16.4 Å². The van der Waals surface area contributed by atoms with Crippen LogP contribution in [-0.2, 0) is 16.0 Å². The van der Waals surface area contributed by atoms with E-state index in [1.165, 1.54) is 11.3 Å². The summed E-state index contributed by atoms with van der Waals surface area (Å²) < 4.78 is 0. The van der Waals surface area contributed by atoms with Crippen LogP contribution in [0.15, 0.2) is 35.7 Å². The van der Waals surface area contributed by atoms with E-state index in [9.17, 15) is 9.59 Å². The number of rotatable bonds is 5. The molecule has 1 aromatic heterocycles. The highest BCUT2D eigenvalue weighted by Crippen LogP contribution is 2.26. The molecule has 2 amide bonds. The summed E-state index contributed by atoms with van der Waals surface area (Å²) in [4.78, 5) is 24.4. The van der Waals surface area contributed by atoms with Gasteiger partial charge in [0.25, 0.3) is 0 Å². The second-order valence-electron chi connectivity index (χ2n) is 4.25. The molecule has 0 radical (unpaired) electrons. The summed E-state index contributed by atoms with van der Waals surface area (Å²) in [7, 11) is 0. The van der Waals surface area contributed by atoms with E-state index in [0.29, 0.717) is 16.4 Å². The molecule has 0 atom stereocenters. The standard InChI is InChI=1S/C14H14ClN3O2S/c15-9-3-4-11(12(6-9)18-14(20)8-16)17-13(19)7-10-2-1-5-21-10/h1-6H,7-8,16H2,(H,17,19)(H,18,20). The quantitative estimate of drug-likeness (QED) is 0.790. The highest BCUT2D eigenvalue weighted by Gasteiger charge is 2.10. The van der Waals surface area contributed by atoms with E-state index in [-0.39, 0.29) is 24.8 Å². The van der Waals surface area contributed by atoms with E-state index in [4.69, 9.17) is 17.3 Å². The number of carbonyl (C=O) groups is 2. The number of nitrogens with one attached hydrogen (secondary N) is 2. The van der Waals surface area contributed by atoms with Crippen molar-refractivity contribution in [2.75, 3.05) is 17.2 Å². The van der Waals surface area contributed by atoms with Crippen LogP contribution in [-0.4, -0.2) is 18.4 Å². The average molecular weight is 324 g/mol. The second kappa shape index (κ2) is 7.21. The van der Waals surface area contributed by atoms with E-state index in [1.54, 1.807) is 18.2 Å². The van der Waals surface area contributed by atoms with Crippen LogP contribution in [0.5, 0.6) is 0 Å². The first kappa shape index (κ1) is 15.5. The van der Waals surface area contributed by atoms with Crippen molar-refractivity contribution < 1.29 is 9.59 Å². The molecule has 0 unspecified atom stereocenters. The Labute approximate surface area is 131 Å². The van der Waals surface area contributed by atoms with Crippen LogP contribution in [0.25, 0.3) is 0 Å². The molecule has 0 aliphatic carbocycles. The fourth-order valence-electron chi connectivity index (χ4n) is 1.70. The Hall–Kier alpha value is -1.89. The topological polar surface area (TPSA) is 84.2 Å². The summed E-state index contributed by atoms with van der Waals surface area (Å²) >= 11 is 7.42. The minimum atomic E-state index is -0.356. The minimum absolute atomic E-state index is 0.144. The third kappa shape index (κ3) is 4.56. The average Bonchev–Trinajstić information content (AvgIpc) is 2.94. The molecule has 0 aliphatic rings. The normalized spacial score (nSPS) is 10.2. The van der Waals surface area contributed by atoms with Gasteiger partial charge >= 0.3 is 0 Å². The van der Waals surface area contributed by atoms with E-state index in [0.717, 1.165) is 4.88 Å². The number of halogens is 1. The summed E-state index contributed by atoms with van der Waals surface area (Å²) in [5.74, 6) is -0.519. The lowest BCUT2D eigenvalue weighted by atomic mass is 10.2. The SMILES string of the molecule is NCC(=O)Nc1cc(Cl)ccc1NC(=O)Cc1cccs1. The number of nitrogens with two attached hydrogens (primary N) is 1. The monoisotopic (exact) mass is 323 g/mol. The highest BCUT2D eigenvalue weighted by atomic mass is 35.5. The van der Waals surface area contributed by atoms with Crippen molar-refractivity contribution in [1.29, 1.82) is 0 Å². The van der Waals surface area contributed by atoms with Gasteiger partial charge in [-0.2, -0.15) is 0 Å². The Balaban J connectivity index is 2.11. The Bertz CT molecular complexity index is 644. The van der Waals surface area contributed by atoms with Crippen LogP contribution >= 0.6 is 22.9 Å². The Kier molecular flexibility index (Phi) is 5.32. The lowest BCUT2D eigenvalue weighted by Gasteiger charge is -2.12. The first-order chi connectivity index (χ1) is 10.1. The van der Waals surface area contributed by atoms with E-state index in [2.05, 4.69) is 10.6 Å². The van der Waals surface area contributed by atoms with Crippen LogP contribution in [0.2, 0.25) is 5.02 Å². The summed E-state index contributed by atoms with van der Waals surface area (Å²) in [6.45, 7) is -0.144. The summed E-state index contributed by atoms with van der Waals surface area (Å²) in [5.41, 5.74) is 6.19. The highest BCUT2D eigenvalue weighted by molar-refractivity contribution is 7.10. The van der Waals surface area contributed by atoms with E-state index < -0.39 is 0 Å². The number of amides is 2. The van der Waals surface area contributed by atoms with E-state index >= 15 is 0 Å². The van der Waals surface area contributed by atoms with Crippen molar-refractivity contribution in [3.05, 3.63) is 45.6 Å². The van der Waals surface area contributed by atoms with Crippen molar-refractivity contribution in [3.8, 4) is 0 Å². The Morgan fingerprint density at radius 2 is 1.90 bits per heavy atom. The zero-order valence-electron chi connectivity index (χ0n) is 11.1. The summed E-state index contributed by atoms with van der Waals surface area (Å²) in [6.07, 6.45) is 0.282. The maximum Gasteiger partial charge on any atom is 0.238 e. The molecule has 1 aromatic carbocycles. The number of hydrogen-bond donors (Lipinski definition) is 3. The molecule has 0 fully saturated rings. The predicted molar refractivity (Wildman–Crippen MR) is 85.8 cm³/mol. The lowest BCUT2D eigenvalue weighted by molar-refractivity contribution is -0.116. The molecule has 0 saturated carbocycles. The first-order valence-corrected chi connectivity index (χ1v) is 7.46. The largest absolute Gasteiger partial charge is 0.324 e. The summed E-state index contributed by atoms with van der Waals surface area (Å²) in [6, 6.07) is 8.63. The van der Waals surface area contributed by atoms with Gasteiger partial charge in [0, 0.05) is 9.90 Å². The minimum Gasteiger partial charge on any atom is -0.324 e. The molecule has 21 heavy (non-hydrogen) atoms. The molecule has 4 N–H and O–H groups in total. The molecule has 2 rings (SSSR count). The zero-order valence-corrected chi connectivity index (χ0v) is 12.6. The van der Waals surface area contributed by atoms with Crippen molar-refractivity contribution in [2.45, 2.75) is 6.42 Å². The fraction of sp³-hybridized carbons (Fsp3) is 0.143. The van der Waals surface area contributed by atoms with Gasteiger partial charge in [0.2, 0.25) is 11.8 Å². The molecule has 0 bridgehead atoms. The third-order valence-corrected chi connectivity index (χ3v) is 3.74. The first-order valence-electron chi connectivity index (χ1n) is 6.20. The number of benzene rings is 1. The van der Waals surface area contributed by atoms with Gasteiger partial charge in [0.15, 0.2) is 0 Å². The Morgan fingerprint density at radius 3 is 2.57 bits per heavy atom. The van der Waals surface area contributed by atoms with Crippen LogP contribution in [0.4, 0.5) is 11.4 Å². The van der Waals surface area contributed by atoms with Crippen LogP contribution in [0.3, 0.4) is 0 Å². The number of thiophene rings is 1. The molecular weight excluding hydrogens is 310 g/mol. The molecular formula is C14H14ClN3O2S. The van der Waals surface area contributed by atoms with Crippen molar-refractivity contribution >= 4 is 46.1 Å². The maximum atomic E-state index is 12.0. The molecule has 110 valence electrons. The van der Waals surface area contributed by atoms with Gasteiger partial charge in [-0.15, -0.1) is 11.3 Å². The van der Waals surface area contributed by atoms with Gasteiger partial charge in [-0.05, 0) is 29.6 Å². The lowest BCUT2D eigenvalue weighted by Crippen LogP contribution is -2.23. The van der Waals surface area contributed by atoms with Crippen LogP contribution in [0, 0.1) is 0 Å². The number of hydrogen-bond acceptors (Lipinski definition) is 4. The molecule has 2 aromatic rings. The Morgan fingerprint density at radius 1 is 1.14 bits per heavy atom. The second-order valence-corrected chi connectivity index (χ2v) is 5.72. The molecule has 1 heterocycles. The number of anilines is 2. The number of carbonyl (C=O) groups excluding carboxylic acids is 2. The molecule has 7 heteroatoms. The van der Waals surface area contributed by atoms with E-state index in [1.807, 2.05) is 17.5 Å². The van der Waals surface area contributed by atoms with Gasteiger partial charge in [-0.1, -0.05) is 17.7 Å². The molecule has 5 nitrogen and oxygen atoms in total. The van der Waals surface area contributed by atoms with Crippen molar-refractivity contribution in [3.63, 3.8) is 0 Å². The van der Waals surface area contributed by atoms with Crippen LogP contribution < -0.4 is 16.4 Å². The summed E-state index contributed by atoms with van der Waals surface area (Å²) in [5, 5.41) is 7.74. The predicted octanol–water partition coefficient (Wildman–Crippen LogP) is 2.48. The molecule has 0 aliphatic heterocycles. The maximum absolute atomic E-state index is 12.0.